The molecule has 0 amide bonds. The van der Waals surface area contributed by atoms with Crippen LogP contribution >= 0.6 is 0 Å². The Kier molecular flexibility index (Phi) is 0.822. The summed E-state index contributed by atoms with van der Waals surface area (Å²) in [4.78, 5) is 0. The minimum Gasteiger partial charge on any atom is -0.316 e. The second kappa shape index (κ2) is 1.71. The standard InChI is InChI=1S/C6H12N2/c1-5-2-8-4-6(5)3-7-1/h5-8H,1-4H2/i/hD. The van der Waals surface area contributed by atoms with E-state index >= 15 is 0 Å². The molecule has 8 heavy (non-hydrogen) atoms. The Morgan fingerprint density at radius 1 is 1.12 bits per heavy atom. The molecule has 0 aromatic carbocycles. The van der Waals surface area contributed by atoms with Gasteiger partial charge in [-0.3, -0.25) is 0 Å². The third kappa shape index (κ3) is 0.565. The van der Waals surface area contributed by atoms with Crippen LogP contribution in [0.5, 0.6) is 0 Å². The first-order valence-corrected chi connectivity index (χ1v) is 3.31. The first-order chi connectivity index (χ1) is 4.36. The molecular formula is C6H12N2. The van der Waals surface area contributed by atoms with Crippen molar-refractivity contribution in [2.24, 2.45) is 11.8 Å². The highest BCUT2D eigenvalue weighted by molar-refractivity contribution is 4.88. The van der Waals surface area contributed by atoms with Gasteiger partial charge in [-0.05, 0) is 38.0 Å². The molecular weight excluding hydrogens is 100 g/mol. The summed E-state index contributed by atoms with van der Waals surface area (Å²) in [7, 11) is 0. The van der Waals surface area contributed by atoms with E-state index < -0.39 is 0 Å². The van der Waals surface area contributed by atoms with Crippen LogP contribution in [0.25, 0.3) is 0 Å². The number of nitrogens with one attached hydrogen (secondary N) is 2. The lowest BCUT2D eigenvalue weighted by Crippen LogP contribution is -2.19. The van der Waals surface area contributed by atoms with Gasteiger partial charge in [0.25, 0.3) is 0 Å². The van der Waals surface area contributed by atoms with Crippen LogP contribution in [0.3, 0.4) is 0 Å². The van der Waals surface area contributed by atoms with E-state index in [4.69, 9.17) is 1.41 Å². The third-order valence-electron chi connectivity index (χ3n) is 2.21. The van der Waals surface area contributed by atoms with Crippen molar-refractivity contribution in [2.75, 3.05) is 26.2 Å². The molecule has 2 unspecified atom stereocenters. The van der Waals surface area contributed by atoms with Gasteiger partial charge in [0.05, 0.1) is 0 Å². The minimum absolute atomic E-state index is 0.780. The normalized spacial score (nSPS) is 49.2. The van der Waals surface area contributed by atoms with Crippen LogP contribution in [0.2, 0.25) is 1.41 Å². The monoisotopic (exact) mass is 113 g/mol. The van der Waals surface area contributed by atoms with Crippen molar-refractivity contribution in [1.82, 2.24) is 10.6 Å². The van der Waals surface area contributed by atoms with Gasteiger partial charge in [-0.15, -0.1) is 0 Å². The first-order valence-electron chi connectivity index (χ1n) is 3.75. The maximum absolute atomic E-state index is 7.34. The fourth-order valence-corrected chi connectivity index (χ4v) is 1.62. The molecule has 0 saturated carbocycles. The zero-order valence-corrected chi connectivity index (χ0v) is 4.93. The van der Waals surface area contributed by atoms with Crippen molar-refractivity contribution in [3.63, 3.8) is 0 Å². The Morgan fingerprint density at radius 3 is 2.38 bits per heavy atom. The maximum Gasteiger partial charge on any atom is 0.122 e. The van der Waals surface area contributed by atoms with E-state index in [-0.39, 0.29) is 0 Å². The molecule has 46 valence electrons. The minimum atomic E-state index is 0.780. The smallest absolute Gasteiger partial charge is 0.122 e. The van der Waals surface area contributed by atoms with Crippen molar-refractivity contribution >= 4 is 0 Å². The molecule has 0 aromatic heterocycles. The molecule has 2 N–H and O–H groups in total. The van der Waals surface area contributed by atoms with Crippen LogP contribution in [0.1, 0.15) is 0 Å². The average molecular weight is 113 g/mol. The SMILES string of the molecule is [2H]N1CC2CNCC2C1. The van der Waals surface area contributed by atoms with Crippen molar-refractivity contribution in [2.45, 2.75) is 0 Å². The Hall–Kier alpha value is -0.0800. The van der Waals surface area contributed by atoms with Gasteiger partial charge in [-0.25, -0.2) is 0 Å². The highest BCUT2D eigenvalue weighted by Crippen LogP contribution is 2.19. The summed E-state index contributed by atoms with van der Waals surface area (Å²) in [5, 5.41) is 5.03. The zero-order valence-electron chi connectivity index (χ0n) is 5.93. The lowest BCUT2D eigenvalue weighted by atomic mass is 10.0. The van der Waals surface area contributed by atoms with Gasteiger partial charge < -0.3 is 10.6 Å². The second-order valence-corrected chi connectivity index (χ2v) is 2.77. The predicted octanol–water partition coefficient (Wildman–Crippen LogP) is -0.575. The molecule has 0 aliphatic carbocycles. The van der Waals surface area contributed by atoms with Crippen LogP contribution < -0.4 is 10.6 Å². The summed E-state index contributed by atoms with van der Waals surface area (Å²) in [6, 6.07) is 0. The Balaban J connectivity index is 2.02. The summed E-state index contributed by atoms with van der Waals surface area (Å²) in [6.07, 6.45) is 0. The molecule has 0 radical (unpaired) electrons. The largest absolute Gasteiger partial charge is 0.316 e. The second-order valence-electron chi connectivity index (χ2n) is 2.77. The average Bonchev–Trinajstić information content (AvgIpc) is 2.22. The van der Waals surface area contributed by atoms with Crippen LogP contribution in [-0.2, 0) is 0 Å². The van der Waals surface area contributed by atoms with Crippen molar-refractivity contribution in [1.29, 1.82) is 0 Å². The highest BCUT2D eigenvalue weighted by atomic mass is 15.0. The van der Waals surface area contributed by atoms with Crippen LogP contribution in [0.15, 0.2) is 0 Å². The molecule has 2 heteroatoms. The molecule has 2 fully saturated rings. The topological polar surface area (TPSA) is 24.1 Å². The summed E-state index contributed by atoms with van der Waals surface area (Å²) in [5.74, 6) is 1.56. The van der Waals surface area contributed by atoms with E-state index in [1.165, 1.54) is 0 Å². The molecule has 2 nitrogen and oxygen atoms in total. The maximum atomic E-state index is 7.34. The molecule has 2 aliphatic heterocycles. The van der Waals surface area contributed by atoms with Crippen molar-refractivity contribution in [3.05, 3.63) is 0 Å². The lowest BCUT2D eigenvalue weighted by Gasteiger charge is -2.01. The van der Waals surface area contributed by atoms with Crippen molar-refractivity contribution < 1.29 is 1.41 Å². The van der Waals surface area contributed by atoms with E-state index in [0.717, 1.165) is 38.0 Å². The van der Waals surface area contributed by atoms with Gasteiger partial charge in [0.15, 0.2) is 0 Å². The van der Waals surface area contributed by atoms with Gasteiger partial charge in [0.2, 0.25) is 0 Å². The summed E-state index contributed by atoms with van der Waals surface area (Å²) < 4.78 is 7.34. The van der Waals surface area contributed by atoms with Crippen LogP contribution in [-0.4, -0.2) is 26.2 Å². The van der Waals surface area contributed by atoms with Gasteiger partial charge in [-0.1, -0.05) is 0 Å². The Labute approximate surface area is 51.1 Å². The molecule has 2 heterocycles. The molecule has 0 spiro atoms. The quantitative estimate of drug-likeness (QED) is 0.439. The summed E-state index contributed by atoms with van der Waals surface area (Å²) >= 11 is 0. The number of hydrogen-bond donors (Lipinski definition) is 2. The van der Waals surface area contributed by atoms with Crippen molar-refractivity contribution in [3.8, 4) is 0 Å². The molecule has 0 bridgehead atoms. The number of hydrogen-bond acceptors (Lipinski definition) is 2. The Morgan fingerprint density at radius 2 is 1.75 bits per heavy atom. The van der Waals surface area contributed by atoms with Gasteiger partial charge >= 0.3 is 0 Å². The van der Waals surface area contributed by atoms with E-state index in [9.17, 15) is 0 Å². The summed E-state index contributed by atoms with van der Waals surface area (Å²) in [6.45, 7) is 4.25. The molecule has 2 atom stereocenters. The predicted molar refractivity (Wildman–Crippen MR) is 32.7 cm³/mol. The van der Waals surface area contributed by atoms with Gasteiger partial charge in [-0.2, -0.15) is 0 Å². The van der Waals surface area contributed by atoms with E-state index in [1.807, 2.05) is 0 Å². The third-order valence-corrected chi connectivity index (χ3v) is 2.21. The molecule has 2 aliphatic rings. The Bertz CT molecular complexity index is 106. The van der Waals surface area contributed by atoms with Crippen LogP contribution in [0, 0.1) is 11.8 Å². The van der Waals surface area contributed by atoms with E-state index in [1.54, 1.807) is 5.31 Å². The first kappa shape index (κ1) is 3.85. The van der Waals surface area contributed by atoms with Crippen LogP contribution in [0.4, 0.5) is 0 Å². The van der Waals surface area contributed by atoms with Gasteiger partial charge in [0, 0.05) is 0 Å². The molecule has 2 saturated heterocycles. The lowest BCUT2D eigenvalue weighted by molar-refractivity contribution is 0.533. The van der Waals surface area contributed by atoms with Gasteiger partial charge in [0.1, 0.15) is 1.41 Å². The van der Waals surface area contributed by atoms with E-state index in [2.05, 4.69) is 5.32 Å². The molecule has 2 rings (SSSR count). The highest BCUT2D eigenvalue weighted by Gasteiger charge is 2.30. The number of rotatable bonds is 0. The van der Waals surface area contributed by atoms with E-state index in [0.29, 0.717) is 0 Å². The zero-order chi connectivity index (χ0) is 6.27. The number of fused-ring (bicyclic) bond motifs is 1. The fourth-order valence-electron chi connectivity index (χ4n) is 1.62. The molecule has 0 aromatic rings. The fraction of sp³-hybridized carbons (Fsp3) is 1.00. The summed E-state index contributed by atoms with van der Waals surface area (Å²) in [5.41, 5.74) is 0.